The summed E-state index contributed by atoms with van der Waals surface area (Å²) < 4.78 is 11.4. The number of Topliss-reactive ketones (excluding diaryl/α,β-unsaturated/α-hetero) is 1. The standard InChI is InChI=1S/C31H40N2O5/c1-6-10-20-38-25-15-16-26(22(5)21-25)29(34)27-28(23-11-13-24(14-12-23)37-19-7-2)33(31(36)30(27)35)18-17-32(8-3)9-4/h7,11-16,21,28,34H,2,6,8-10,17-20H2,1,3-5H3/b29-27+. The van der Waals surface area contributed by atoms with E-state index in [2.05, 4.69) is 32.3 Å². The summed E-state index contributed by atoms with van der Waals surface area (Å²) in [6.07, 6.45) is 3.65. The molecular formula is C31H40N2O5. The number of ether oxygens (including phenoxy) is 2. The molecule has 7 heteroatoms. The van der Waals surface area contributed by atoms with Gasteiger partial charge in [0.1, 0.15) is 23.9 Å². The van der Waals surface area contributed by atoms with Gasteiger partial charge < -0.3 is 24.4 Å². The van der Waals surface area contributed by atoms with Crippen molar-refractivity contribution in [3.05, 3.63) is 77.4 Å². The van der Waals surface area contributed by atoms with Crippen LogP contribution in [0.3, 0.4) is 0 Å². The number of aliphatic hydroxyl groups is 1. The van der Waals surface area contributed by atoms with Crippen molar-refractivity contribution in [2.75, 3.05) is 39.4 Å². The minimum Gasteiger partial charge on any atom is -0.507 e. The quantitative estimate of drug-likeness (QED) is 0.116. The molecule has 2 aromatic carbocycles. The molecule has 0 aromatic heterocycles. The first-order valence-electron chi connectivity index (χ1n) is 13.4. The van der Waals surface area contributed by atoms with Gasteiger partial charge in [-0.2, -0.15) is 0 Å². The number of carbonyl (C=O) groups excluding carboxylic acids is 2. The fraction of sp³-hybridized carbons (Fsp3) is 0.419. The number of aliphatic hydroxyl groups excluding tert-OH is 1. The highest BCUT2D eigenvalue weighted by molar-refractivity contribution is 6.46. The summed E-state index contributed by atoms with van der Waals surface area (Å²) in [5, 5.41) is 11.5. The van der Waals surface area contributed by atoms with Gasteiger partial charge >= 0.3 is 0 Å². The van der Waals surface area contributed by atoms with E-state index < -0.39 is 17.7 Å². The molecule has 1 aliphatic heterocycles. The number of amides is 1. The van der Waals surface area contributed by atoms with Gasteiger partial charge in [0.25, 0.3) is 11.7 Å². The molecular weight excluding hydrogens is 480 g/mol. The molecule has 0 spiro atoms. The lowest BCUT2D eigenvalue weighted by Crippen LogP contribution is -2.38. The number of likely N-dealkylation sites (N-methyl/N-ethyl adjacent to an activating group) is 1. The molecule has 7 nitrogen and oxygen atoms in total. The zero-order valence-corrected chi connectivity index (χ0v) is 23.0. The molecule has 1 amide bonds. The summed E-state index contributed by atoms with van der Waals surface area (Å²) in [6, 6.07) is 12.0. The Labute approximate surface area is 226 Å². The van der Waals surface area contributed by atoms with E-state index in [-0.39, 0.29) is 11.3 Å². The number of rotatable bonds is 14. The lowest BCUT2D eigenvalue weighted by Gasteiger charge is -2.28. The Morgan fingerprint density at radius 2 is 1.74 bits per heavy atom. The molecule has 1 unspecified atom stereocenters. The van der Waals surface area contributed by atoms with Crippen LogP contribution in [0.5, 0.6) is 11.5 Å². The third-order valence-corrected chi connectivity index (χ3v) is 6.87. The number of ketones is 1. The molecule has 0 saturated carbocycles. The molecule has 1 atom stereocenters. The number of aryl methyl sites for hydroxylation is 1. The molecule has 1 aliphatic rings. The van der Waals surface area contributed by atoms with Gasteiger partial charge in [0.2, 0.25) is 0 Å². The monoisotopic (exact) mass is 520 g/mol. The van der Waals surface area contributed by atoms with Crippen molar-refractivity contribution in [2.45, 2.75) is 46.6 Å². The summed E-state index contributed by atoms with van der Waals surface area (Å²) in [5.74, 6) is -0.0973. The van der Waals surface area contributed by atoms with Gasteiger partial charge in [-0.15, -0.1) is 0 Å². The Morgan fingerprint density at radius 3 is 2.34 bits per heavy atom. The van der Waals surface area contributed by atoms with Crippen LogP contribution in [0, 0.1) is 6.92 Å². The lowest BCUT2D eigenvalue weighted by atomic mass is 9.94. The van der Waals surface area contributed by atoms with E-state index in [4.69, 9.17) is 9.47 Å². The smallest absolute Gasteiger partial charge is 0.295 e. The highest BCUT2D eigenvalue weighted by Gasteiger charge is 2.46. The maximum atomic E-state index is 13.4. The van der Waals surface area contributed by atoms with Gasteiger partial charge in [-0.05, 0) is 67.9 Å². The third-order valence-electron chi connectivity index (χ3n) is 6.87. The van der Waals surface area contributed by atoms with E-state index in [0.29, 0.717) is 43.4 Å². The fourth-order valence-electron chi connectivity index (χ4n) is 4.62. The number of benzene rings is 2. The average Bonchev–Trinajstić information content (AvgIpc) is 3.17. The summed E-state index contributed by atoms with van der Waals surface area (Å²) in [6.45, 7) is 15.4. The Morgan fingerprint density at radius 1 is 1.05 bits per heavy atom. The summed E-state index contributed by atoms with van der Waals surface area (Å²) >= 11 is 0. The number of hydrogen-bond acceptors (Lipinski definition) is 6. The molecule has 1 heterocycles. The molecule has 2 aromatic rings. The normalized spacial score (nSPS) is 16.8. The Bertz CT molecular complexity index is 1150. The molecule has 204 valence electrons. The van der Waals surface area contributed by atoms with Crippen molar-refractivity contribution in [1.82, 2.24) is 9.80 Å². The maximum Gasteiger partial charge on any atom is 0.295 e. The zero-order valence-electron chi connectivity index (χ0n) is 23.0. The van der Waals surface area contributed by atoms with Crippen molar-refractivity contribution in [3.8, 4) is 11.5 Å². The lowest BCUT2D eigenvalue weighted by molar-refractivity contribution is -0.140. The molecule has 3 rings (SSSR count). The van der Waals surface area contributed by atoms with Crippen LogP contribution in [0.15, 0.2) is 60.7 Å². The number of nitrogens with zero attached hydrogens (tertiary/aromatic N) is 2. The summed E-state index contributed by atoms with van der Waals surface area (Å²) in [7, 11) is 0. The maximum absolute atomic E-state index is 13.4. The SMILES string of the molecule is C=CCOc1ccc(C2/C(=C(\O)c3ccc(OCCCC)cc3C)C(=O)C(=O)N2CCN(CC)CC)cc1. The second-order valence-corrected chi connectivity index (χ2v) is 9.37. The minimum absolute atomic E-state index is 0.0945. The molecule has 0 bridgehead atoms. The van der Waals surface area contributed by atoms with E-state index in [1.807, 2.05) is 25.1 Å². The highest BCUT2D eigenvalue weighted by Crippen LogP contribution is 2.40. The summed E-state index contributed by atoms with van der Waals surface area (Å²) in [4.78, 5) is 30.4. The first-order valence-corrected chi connectivity index (χ1v) is 13.4. The van der Waals surface area contributed by atoms with Crippen LogP contribution in [0.2, 0.25) is 0 Å². The third kappa shape index (κ3) is 6.64. The molecule has 1 saturated heterocycles. The van der Waals surface area contributed by atoms with E-state index in [9.17, 15) is 14.7 Å². The van der Waals surface area contributed by atoms with Crippen LogP contribution in [-0.4, -0.2) is 66.0 Å². The summed E-state index contributed by atoms with van der Waals surface area (Å²) in [5.41, 5.74) is 2.09. The number of carbonyl (C=O) groups is 2. The van der Waals surface area contributed by atoms with Crippen LogP contribution in [0.4, 0.5) is 0 Å². The van der Waals surface area contributed by atoms with E-state index >= 15 is 0 Å². The van der Waals surface area contributed by atoms with Crippen LogP contribution in [0.1, 0.15) is 56.3 Å². The van der Waals surface area contributed by atoms with Crippen molar-refractivity contribution in [1.29, 1.82) is 0 Å². The first kappa shape index (κ1) is 29.0. The largest absolute Gasteiger partial charge is 0.507 e. The molecule has 0 radical (unpaired) electrons. The van der Waals surface area contributed by atoms with Crippen molar-refractivity contribution >= 4 is 17.4 Å². The van der Waals surface area contributed by atoms with Crippen molar-refractivity contribution < 1.29 is 24.2 Å². The Kier molecular flexibility index (Phi) is 10.5. The average molecular weight is 521 g/mol. The Hall–Kier alpha value is -3.58. The highest BCUT2D eigenvalue weighted by atomic mass is 16.5. The number of hydrogen-bond donors (Lipinski definition) is 1. The zero-order chi connectivity index (χ0) is 27.7. The molecule has 38 heavy (non-hydrogen) atoms. The van der Waals surface area contributed by atoms with Crippen LogP contribution < -0.4 is 9.47 Å². The predicted molar refractivity (Wildman–Crippen MR) is 151 cm³/mol. The van der Waals surface area contributed by atoms with Gasteiger partial charge in [0.05, 0.1) is 18.2 Å². The Balaban J connectivity index is 2.04. The second-order valence-electron chi connectivity index (χ2n) is 9.37. The molecule has 1 N–H and O–H groups in total. The van der Waals surface area contributed by atoms with Gasteiger partial charge in [0.15, 0.2) is 0 Å². The van der Waals surface area contributed by atoms with Crippen LogP contribution in [-0.2, 0) is 9.59 Å². The predicted octanol–water partition coefficient (Wildman–Crippen LogP) is 5.50. The van der Waals surface area contributed by atoms with Gasteiger partial charge in [-0.1, -0.05) is 52.0 Å². The van der Waals surface area contributed by atoms with Crippen LogP contribution in [0.25, 0.3) is 5.76 Å². The fourth-order valence-corrected chi connectivity index (χ4v) is 4.62. The van der Waals surface area contributed by atoms with Gasteiger partial charge in [0, 0.05) is 18.7 Å². The number of likely N-dealkylation sites (tertiary alicyclic amines) is 1. The molecule has 0 aliphatic carbocycles. The minimum atomic E-state index is -0.709. The van der Waals surface area contributed by atoms with Crippen molar-refractivity contribution in [2.24, 2.45) is 0 Å². The topological polar surface area (TPSA) is 79.3 Å². The number of unbranched alkanes of at least 4 members (excludes halogenated alkanes) is 1. The van der Waals surface area contributed by atoms with E-state index in [1.54, 1.807) is 35.2 Å². The van der Waals surface area contributed by atoms with E-state index in [1.165, 1.54) is 0 Å². The van der Waals surface area contributed by atoms with Gasteiger partial charge in [-0.3, -0.25) is 9.59 Å². The molecule has 1 fully saturated rings. The first-order chi connectivity index (χ1) is 18.4. The van der Waals surface area contributed by atoms with Gasteiger partial charge in [-0.25, -0.2) is 0 Å². The second kappa shape index (κ2) is 13.8. The van der Waals surface area contributed by atoms with Crippen molar-refractivity contribution in [3.63, 3.8) is 0 Å². The van der Waals surface area contributed by atoms with E-state index in [0.717, 1.165) is 37.1 Å². The van der Waals surface area contributed by atoms with Crippen LogP contribution >= 0.6 is 0 Å².